The number of carbonyl (C=O) groups excluding carboxylic acids is 2. The molecule has 3 rings (SSSR count). The molecule has 1 aliphatic heterocycles. The SMILES string of the molecule is O=C(/C=C/c1ccccc1[N+](=O)[O-])N1CCN(Cc2ccc(F)cc2)C(=O)C1. The molecule has 0 spiro atoms. The highest BCUT2D eigenvalue weighted by Crippen LogP contribution is 2.19. The highest BCUT2D eigenvalue weighted by atomic mass is 19.1. The maximum atomic E-state index is 13.0. The average molecular weight is 383 g/mol. The van der Waals surface area contributed by atoms with Crippen molar-refractivity contribution in [3.05, 3.63) is 81.7 Å². The van der Waals surface area contributed by atoms with Gasteiger partial charge in [0.15, 0.2) is 0 Å². The lowest BCUT2D eigenvalue weighted by atomic mass is 10.1. The van der Waals surface area contributed by atoms with E-state index in [2.05, 4.69) is 0 Å². The normalized spacial score (nSPS) is 14.5. The Balaban J connectivity index is 1.60. The third kappa shape index (κ3) is 4.59. The van der Waals surface area contributed by atoms with Crippen LogP contribution >= 0.6 is 0 Å². The zero-order valence-electron chi connectivity index (χ0n) is 15.0. The summed E-state index contributed by atoms with van der Waals surface area (Å²) in [7, 11) is 0. The van der Waals surface area contributed by atoms with Crippen molar-refractivity contribution in [2.45, 2.75) is 6.54 Å². The van der Waals surface area contributed by atoms with Gasteiger partial charge in [-0.2, -0.15) is 0 Å². The summed E-state index contributed by atoms with van der Waals surface area (Å²) in [5.74, 6) is -0.924. The second kappa shape index (κ2) is 8.43. The van der Waals surface area contributed by atoms with E-state index < -0.39 is 4.92 Å². The quantitative estimate of drug-likeness (QED) is 0.451. The van der Waals surface area contributed by atoms with Gasteiger partial charge in [-0.25, -0.2) is 4.39 Å². The number of nitro groups is 1. The summed E-state index contributed by atoms with van der Waals surface area (Å²) in [6, 6.07) is 12.0. The highest BCUT2D eigenvalue weighted by Gasteiger charge is 2.26. The number of benzene rings is 2. The number of rotatable bonds is 5. The predicted octanol–water partition coefficient (Wildman–Crippen LogP) is 2.62. The number of hydrogen-bond acceptors (Lipinski definition) is 4. The van der Waals surface area contributed by atoms with Crippen molar-refractivity contribution in [1.82, 2.24) is 9.80 Å². The molecule has 0 saturated carbocycles. The van der Waals surface area contributed by atoms with Crippen LogP contribution in [0.5, 0.6) is 0 Å². The van der Waals surface area contributed by atoms with Crippen LogP contribution in [0.1, 0.15) is 11.1 Å². The van der Waals surface area contributed by atoms with Gasteiger partial charge in [-0.3, -0.25) is 19.7 Å². The van der Waals surface area contributed by atoms with E-state index in [0.29, 0.717) is 25.2 Å². The first-order chi connectivity index (χ1) is 13.4. The summed E-state index contributed by atoms with van der Waals surface area (Å²) in [4.78, 5) is 38.2. The van der Waals surface area contributed by atoms with E-state index in [1.165, 1.54) is 35.3 Å². The molecule has 0 N–H and O–H groups in total. The first kappa shape index (κ1) is 19.2. The molecule has 1 fully saturated rings. The molecule has 0 bridgehead atoms. The van der Waals surface area contributed by atoms with Crippen LogP contribution in [0, 0.1) is 15.9 Å². The van der Waals surface area contributed by atoms with Crippen molar-refractivity contribution in [3.63, 3.8) is 0 Å². The Kier molecular flexibility index (Phi) is 5.78. The Hall–Kier alpha value is -3.55. The summed E-state index contributed by atoms with van der Waals surface area (Å²) in [6.07, 6.45) is 2.63. The van der Waals surface area contributed by atoms with E-state index in [4.69, 9.17) is 0 Å². The third-order valence-electron chi connectivity index (χ3n) is 4.46. The third-order valence-corrected chi connectivity index (χ3v) is 4.46. The van der Waals surface area contributed by atoms with Crippen LogP contribution in [0.3, 0.4) is 0 Å². The van der Waals surface area contributed by atoms with Crippen LogP contribution in [0.25, 0.3) is 6.08 Å². The molecule has 2 aromatic rings. The van der Waals surface area contributed by atoms with Crippen molar-refractivity contribution in [3.8, 4) is 0 Å². The Morgan fingerprint density at radius 2 is 1.86 bits per heavy atom. The fourth-order valence-electron chi connectivity index (χ4n) is 2.94. The molecule has 0 radical (unpaired) electrons. The number of carbonyl (C=O) groups is 2. The lowest BCUT2D eigenvalue weighted by molar-refractivity contribution is -0.385. The lowest BCUT2D eigenvalue weighted by Gasteiger charge is -2.34. The van der Waals surface area contributed by atoms with Gasteiger partial charge < -0.3 is 9.80 Å². The molecule has 144 valence electrons. The topological polar surface area (TPSA) is 83.8 Å². The molecule has 2 aromatic carbocycles. The first-order valence-corrected chi connectivity index (χ1v) is 8.66. The Morgan fingerprint density at radius 1 is 1.14 bits per heavy atom. The van der Waals surface area contributed by atoms with Gasteiger partial charge in [0.25, 0.3) is 5.69 Å². The van der Waals surface area contributed by atoms with Crippen LogP contribution in [0.2, 0.25) is 0 Å². The zero-order chi connectivity index (χ0) is 20.1. The van der Waals surface area contributed by atoms with Crippen molar-refractivity contribution in [2.24, 2.45) is 0 Å². The molecule has 1 aliphatic rings. The number of nitro benzene ring substituents is 1. The van der Waals surface area contributed by atoms with Crippen molar-refractivity contribution in [2.75, 3.05) is 19.6 Å². The fourth-order valence-corrected chi connectivity index (χ4v) is 2.94. The molecular formula is C20H18FN3O4. The van der Waals surface area contributed by atoms with E-state index in [1.54, 1.807) is 35.2 Å². The van der Waals surface area contributed by atoms with Gasteiger partial charge in [-0.1, -0.05) is 24.3 Å². The second-order valence-corrected chi connectivity index (χ2v) is 6.35. The standard InChI is InChI=1S/C20H18FN3O4/c21-17-8-5-15(6-9-17)13-22-11-12-23(14-20(22)26)19(25)10-7-16-3-1-2-4-18(16)24(27)28/h1-10H,11-14H2/b10-7+. The maximum Gasteiger partial charge on any atom is 0.276 e. The molecule has 28 heavy (non-hydrogen) atoms. The van der Waals surface area contributed by atoms with E-state index >= 15 is 0 Å². The minimum atomic E-state index is -0.512. The largest absolute Gasteiger partial charge is 0.335 e. The number of para-hydroxylation sites is 1. The van der Waals surface area contributed by atoms with Crippen LogP contribution in [-0.4, -0.2) is 46.2 Å². The fraction of sp³-hybridized carbons (Fsp3) is 0.200. The van der Waals surface area contributed by atoms with Gasteiger partial charge in [-0.15, -0.1) is 0 Å². The summed E-state index contributed by atoms with van der Waals surface area (Å²) >= 11 is 0. The van der Waals surface area contributed by atoms with Gasteiger partial charge in [0.2, 0.25) is 11.8 Å². The Bertz CT molecular complexity index is 927. The Morgan fingerprint density at radius 3 is 2.54 bits per heavy atom. The molecule has 0 atom stereocenters. The lowest BCUT2D eigenvalue weighted by Crippen LogP contribution is -2.51. The average Bonchev–Trinajstić information content (AvgIpc) is 2.69. The van der Waals surface area contributed by atoms with E-state index in [0.717, 1.165) is 5.56 Å². The van der Waals surface area contributed by atoms with E-state index in [-0.39, 0.29) is 29.9 Å². The highest BCUT2D eigenvalue weighted by molar-refractivity contribution is 5.95. The van der Waals surface area contributed by atoms with Crippen molar-refractivity contribution >= 4 is 23.6 Å². The van der Waals surface area contributed by atoms with Crippen molar-refractivity contribution in [1.29, 1.82) is 0 Å². The molecule has 7 nitrogen and oxygen atoms in total. The minimum absolute atomic E-state index is 0.0682. The summed E-state index contributed by atoms with van der Waals surface area (Å²) < 4.78 is 13.0. The van der Waals surface area contributed by atoms with Gasteiger partial charge in [0.1, 0.15) is 12.4 Å². The summed E-state index contributed by atoms with van der Waals surface area (Å²) in [5, 5.41) is 11.0. The van der Waals surface area contributed by atoms with Crippen LogP contribution in [0.15, 0.2) is 54.6 Å². The Labute approximate surface area is 160 Å². The maximum absolute atomic E-state index is 13.0. The zero-order valence-corrected chi connectivity index (χ0v) is 15.0. The molecule has 8 heteroatoms. The second-order valence-electron chi connectivity index (χ2n) is 6.35. The van der Waals surface area contributed by atoms with Crippen molar-refractivity contribution < 1.29 is 18.9 Å². The van der Waals surface area contributed by atoms with Crippen LogP contribution in [0.4, 0.5) is 10.1 Å². The number of amides is 2. The summed E-state index contributed by atoms with van der Waals surface area (Å²) in [6.45, 7) is 1.00. The molecule has 0 aromatic heterocycles. The van der Waals surface area contributed by atoms with E-state index in [9.17, 15) is 24.1 Å². The molecule has 0 unspecified atom stereocenters. The number of piperazine rings is 1. The number of halogens is 1. The van der Waals surface area contributed by atoms with Gasteiger partial charge in [0, 0.05) is 31.8 Å². The number of hydrogen-bond donors (Lipinski definition) is 0. The molecule has 1 heterocycles. The smallest absolute Gasteiger partial charge is 0.276 e. The molecular weight excluding hydrogens is 365 g/mol. The molecule has 2 amide bonds. The monoisotopic (exact) mass is 383 g/mol. The van der Waals surface area contributed by atoms with Gasteiger partial charge in [-0.05, 0) is 29.8 Å². The summed E-state index contributed by atoms with van der Waals surface area (Å²) in [5.41, 5.74) is 1.04. The van der Waals surface area contributed by atoms with Crippen LogP contribution in [-0.2, 0) is 16.1 Å². The minimum Gasteiger partial charge on any atom is -0.335 e. The van der Waals surface area contributed by atoms with Crippen LogP contribution < -0.4 is 0 Å². The molecule has 1 saturated heterocycles. The predicted molar refractivity (Wildman–Crippen MR) is 101 cm³/mol. The van der Waals surface area contributed by atoms with Gasteiger partial charge >= 0.3 is 0 Å². The number of nitrogens with zero attached hydrogens (tertiary/aromatic N) is 3. The molecule has 0 aliphatic carbocycles. The first-order valence-electron chi connectivity index (χ1n) is 8.66. The van der Waals surface area contributed by atoms with E-state index in [1.807, 2.05) is 0 Å². The van der Waals surface area contributed by atoms with Gasteiger partial charge in [0.05, 0.1) is 10.5 Å².